The van der Waals surface area contributed by atoms with Crippen LogP contribution in [0.3, 0.4) is 0 Å². The number of unbranched alkanes of at least 4 members (excludes halogenated alkanes) is 1. The predicted molar refractivity (Wildman–Crippen MR) is 126 cm³/mol. The van der Waals surface area contributed by atoms with Crippen molar-refractivity contribution in [1.29, 1.82) is 0 Å². The van der Waals surface area contributed by atoms with Crippen molar-refractivity contribution >= 4 is 0 Å². The summed E-state index contributed by atoms with van der Waals surface area (Å²) in [4.78, 5) is 0. The number of aryl methyl sites for hydroxylation is 1. The second-order valence-electron chi connectivity index (χ2n) is 11.1. The van der Waals surface area contributed by atoms with E-state index in [1.165, 1.54) is 89.0 Å². The van der Waals surface area contributed by atoms with Crippen molar-refractivity contribution in [3.63, 3.8) is 0 Å². The minimum absolute atomic E-state index is 0.0368. The normalized spacial score (nSPS) is 34.5. The van der Waals surface area contributed by atoms with Crippen LogP contribution in [0.25, 0.3) is 0 Å². The van der Waals surface area contributed by atoms with Gasteiger partial charge >= 0.3 is 0 Å². The van der Waals surface area contributed by atoms with Gasteiger partial charge in [-0.2, -0.15) is 0 Å². The first-order valence-corrected chi connectivity index (χ1v) is 13.5. The molecule has 1 aromatic rings. The first-order valence-electron chi connectivity index (χ1n) is 13.5. The molecule has 3 aliphatic rings. The molecular formula is C29H45F. The van der Waals surface area contributed by atoms with Crippen LogP contribution in [-0.4, -0.2) is 0 Å². The smallest absolute Gasteiger partial charge is 0.126 e. The molecule has 1 aromatic carbocycles. The number of fused-ring (bicyclic) bond motifs is 1. The summed E-state index contributed by atoms with van der Waals surface area (Å²) in [6.07, 6.45) is 20.6. The number of benzene rings is 1. The quantitative estimate of drug-likeness (QED) is 0.419. The van der Waals surface area contributed by atoms with Gasteiger partial charge < -0.3 is 0 Å². The lowest BCUT2D eigenvalue weighted by molar-refractivity contribution is 0.0710. The maximum Gasteiger partial charge on any atom is 0.126 e. The Morgan fingerprint density at radius 1 is 0.767 bits per heavy atom. The third kappa shape index (κ3) is 5.31. The summed E-state index contributed by atoms with van der Waals surface area (Å²) in [5.74, 6) is 5.58. The lowest BCUT2D eigenvalue weighted by Crippen LogP contribution is -2.34. The molecule has 1 heteroatoms. The van der Waals surface area contributed by atoms with Crippen LogP contribution in [0.15, 0.2) is 18.2 Å². The molecule has 0 saturated heterocycles. The van der Waals surface area contributed by atoms with Gasteiger partial charge in [0.2, 0.25) is 0 Å². The standard InChI is InChI=1S/C29H45F/c1-3-5-7-21-8-10-22(11-9-21)24-14-15-26-19-27(17-16-25(26)18-24)28-13-12-23(6-4-2)29(30)20-28/h12-13,20-22,24-27H,3-11,14-19H2,1-2H3. The molecule has 3 saturated carbocycles. The minimum Gasteiger partial charge on any atom is -0.207 e. The molecule has 4 rings (SSSR count). The molecule has 168 valence electrons. The summed E-state index contributed by atoms with van der Waals surface area (Å²) in [5, 5.41) is 0. The van der Waals surface area contributed by atoms with Crippen molar-refractivity contribution in [3.05, 3.63) is 35.1 Å². The van der Waals surface area contributed by atoms with Crippen LogP contribution in [0, 0.1) is 35.4 Å². The number of hydrogen-bond acceptors (Lipinski definition) is 0. The first-order chi connectivity index (χ1) is 14.7. The first kappa shape index (κ1) is 22.3. The maximum atomic E-state index is 14.5. The van der Waals surface area contributed by atoms with E-state index in [0.717, 1.165) is 48.0 Å². The van der Waals surface area contributed by atoms with E-state index in [2.05, 4.69) is 26.0 Å². The Hall–Kier alpha value is -0.850. The molecule has 4 atom stereocenters. The van der Waals surface area contributed by atoms with E-state index in [1.54, 1.807) is 0 Å². The topological polar surface area (TPSA) is 0 Å². The summed E-state index contributed by atoms with van der Waals surface area (Å²) in [6, 6.07) is 6.17. The fourth-order valence-electron chi connectivity index (χ4n) is 7.39. The van der Waals surface area contributed by atoms with Crippen LogP contribution in [0.1, 0.15) is 121 Å². The van der Waals surface area contributed by atoms with Gasteiger partial charge in [0.1, 0.15) is 5.82 Å². The van der Waals surface area contributed by atoms with E-state index >= 15 is 0 Å². The predicted octanol–water partition coefficient (Wildman–Crippen LogP) is 9.07. The van der Waals surface area contributed by atoms with Crippen molar-refractivity contribution < 1.29 is 4.39 Å². The third-order valence-electron chi connectivity index (χ3n) is 9.25. The SMILES string of the molecule is CCCCC1CCC(C2CCC3CC(c4ccc(CCC)c(F)c4)CCC3C2)CC1. The second kappa shape index (κ2) is 10.6. The zero-order valence-corrected chi connectivity index (χ0v) is 19.7. The zero-order valence-electron chi connectivity index (χ0n) is 19.7. The van der Waals surface area contributed by atoms with Gasteiger partial charge in [-0.15, -0.1) is 0 Å². The lowest BCUT2D eigenvalue weighted by atomic mass is 9.60. The second-order valence-corrected chi connectivity index (χ2v) is 11.1. The Morgan fingerprint density at radius 3 is 2.13 bits per heavy atom. The van der Waals surface area contributed by atoms with Crippen LogP contribution in [-0.2, 0) is 6.42 Å². The van der Waals surface area contributed by atoms with E-state index in [1.807, 2.05) is 6.07 Å². The van der Waals surface area contributed by atoms with Crippen LogP contribution >= 0.6 is 0 Å². The van der Waals surface area contributed by atoms with Gasteiger partial charge in [0.25, 0.3) is 0 Å². The summed E-state index contributed by atoms with van der Waals surface area (Å²) in [7, 11) is 0. The summed E-state index contributed by atoms with van der Waals surface area (Å²) >= 11 is 0. The molecular weight excluding hydrogens is 367 g/mol. The highest BCUT2D eigenvalue weighted by Crippen LogP contribution is 2.51. The lowest BCUT2D eigenvalue weighted by Gasteiger charge is -2.45. The number of hydrogen-bond donors (Lipinski definition) is 0. The van der Waals surface area contributed by atoms with Crippen molar-refractivity contribution in [1.82, 2.24) is 0 Å². The molecule has 0 amide bonds. The van der Waals surface area contributed by atoms with Crippen LogP contribution in [0.5, 0.6) is 0 Å². The van der Waals surface area contributed by atoms with E-state index < -0.39 is 0 Å². The Balaban J connectivity index is 1.28. The Bertz CT molecular complexity index is 656. The highest BCUT2D eigenvalue weighted by atomic mass is 19.1. The van der Waals surface area contributed by atoms with Gasteiger partial charge in [-0.25, -0.2) is 4.39 Å². The molecule has 0 heterocycles. The Labute approximate surface area is 185 Å². The van der Waals surface area contributed by atoms with E-state index in [0.29, 0.717) is 5.92 Å². The van der Waals surface area contributed by atoms with Gasteiger partial charge in [-0.1, -0.05) is 64.5 Å². The Morgan fingerprint density at radius 2 is 1.43 bits per heavy atom. The molecule has 3 fully saturated rings. The molecule has 0 aromatic heterocycles. The van der Waals surface area contributed by atoms with Gasteiger partial charge in [-0.3, -0.25) is 0 Å². The van der Waals surface area contributed by atoms with E-state index in [9.17, 15) is 4.39 Å². The van der Waals surface area contributed by atoms with Gasteiger partial charge in [0.15, 0.2) is 0 Å². The Kier molecular flexibility index (Phi) is 7.93. The average molecular weight is 413 g/mol. The zero-order chi connectivity index (χ0) is 20.9. The van der Waals surface area contributed by atoms with Gasteiger partial charge in [0.05, 0.1) is 0 Å². The highest BCUT2D eigenvalue weighted by Gasteiger charge is 2.39. The molecule has 0 N–H and O–H groups in total. The molecule has 4 unspecified atom stereocenters. The van der Waals surface area contributed by atoms with Crippen molar-refractivity contribution in [3.8, 4) is 0 Å². The van der Waals surface area contributed by atoms with Crippen LogP contribution in [0.4, 0.5) is 4.39 Å². The largest absolute Gasteiger partial charge is 0.207 e. The fraction of sp³-hybridized carbons (Fsp3) is 0.793. The molecule has 0 spiro atoms. The minimum atomic E-state index is 0.0368. The van der Waals surface area contributed by atoms with E-state index in [-0.39, 0.29) is 5.82 Å². The van der Waals surface area contributed by atoms with Crippen molar-refractivity contribution in [2.75, 3.05) is 0 Å². The highest BCUT2D eigenvalue weighted by molar-refractivity contribution is 5.27. The van der Waals surface area contributed by atoms with Gasteiger partial charge in [-0.05, 0) is 110 Å². The molecule has 30 heavy (non-hydrogen) atoms. The molecule has 0 nitrogen and oxygen atoms in total. The molecule has 0 bridgehead atoms. The van der Waals surface area contributed by atoms with Crippen LogP contribution in [0.2, 0.25) is 0 Å². The molecule has 3 aliphatic carbocycles. The van der Waals surface area contributed by atoms with Crippen molar-refractivity contribution in [2.24, 2.45) is 29.6 Å². The summed E-state index contributed by atoms with van der Waals surface area (Å²) in [5.41, 5.74) is 2.18. The van der Waals surface area contributed by atoms with Crippen molar-refractivity contribution in [2.45, 2.75) is 116 Å². The monoisotopic (exact) mass is 412 g/mol. The van der Waals surface area contributed by atoms with E-state index in [4.69, 9.17) is 0 Å². The summed E-state index contributed by atoms with van der Waals surface area (Å²) in [6.45, 7) is 4.46. The van der Waals surface area contributed by atoms with Crippen LogP contribution < -0.4 is 0 Å². The fourth-order valence-corrected chi connectivity index (χ4v) is 7.39. The maximum absolute atomic E-state index is 14.5. The average Bonchev–Trinajstić information content (AvgIpc) is 2.79. The number of halogens is 1. The summed E-state index contributed by atoms with van der Waals surface area (Å²) < 4.78 is 14.5. The third-order valence-corrected chi connectivity index (χ3v) is 9.25. The molecule has 0 aliphatic heterocycles. The number of rotatable bonds is 7. The molecule has 0 radical (unpaired) electrons. The van der Waals surface area contributed by atoms with Gasteiger partial charge in [0, 0.05) is 0 Å².